The summed E-state index contributed by atoms with van der Waals surface area (Å²) < 4.78 is 4.44. The molecule has 0 aliphatic heterocycles. The molecule has 1 aromatic heterocycles. The van der Waals surface area contributed by atoms with Crippen LogP contribution < -0.4 is 5.32 Å². The van der Waals surface area contributed by atoms with Crippen LogP contribution in [0.1, 0.15) is 5.56 Å². The molecule has 0 radical (unpaired) electrons. The second-order valence-corrected chi connectivity index (χ2v) is 2.97. The number of thiophene rings is 1. The van der Waals surface area contributed by atoms with Crippen LogP contribution in [0.4, 0.5) is 9.80 Å². The van der Waals surface area contributed by atoms with Crippen molar-refractivity contribution >= 4 is 22.4 Å². The summed E-state index contributed by atoms with van der Waals surface area (Å²) in [5, 5.41) is 5.36. The second-order valence-electron chi connectivity index (χ2n) is 2.05. The molecule has 60 valence electrons. The predicted octanol–water partition coefficient (Wildman–Crippen LogP) is 2.23. The van der Waals surface area contributed by atoms with Gasteiger partial charge in [-0.3, -0.25) is 5.32 Å². The highest BCUT2D eigenvalue weighted by molar-refractivity contribution is 7.14. The van der Waals surface area contributed by atoms with Gasteiger partial charge in [0.2, 0.25) is 0 Å². The van der Waals surface area contributed by atoms with Gasteiger partial charge in [0, 0.05) is 0 Å². The van der Waals surface area contributed by atoms with Crippen molar-refractivity contribution in [3.63, 3.8) is 0 Å². The Kier molecular flexibility index (Phi) is 2.48. The van der Waals surface area contributed by atoms with E-state index in [1.807, 2.05) is 18.4 Å². The molecule has 1 rings (SSSR count). The lowest BCUT2D eigenvalue weighted by Crippen LogP contribution is -2.10. The Morgan fingerprint density at radius 3 is 2.91 bits per heavy atom. The fourth-order valence-electron chi connectivity index (χ4n) is 0.645. The largest absolute Gasteiger partial charge is 0.453 e. The van der Waals surface area contributed by atoms with E-state index in [4.69, 9.17) is 0 Å². The van der Waals surface area contributed by atoms with Crippen molar-refractivity contribution in [2.45, 2.75) is 6.92 Å². The highest BCUT2D eigenvalue weighted by atomic mass is 32.1. The highest BCUT2D eigenvalue weighted by Crippen LogP contribution is 2.21. The molecule has 0 fully saturated rings. The van der Waals surface area contributed by atoms with Crippen LogP contribution in [0.25, 0.3) is 0 Å². The molecule has 0 atom stereocenters. The van der Waals surface area contributed by atoms with Crippen LogP contribution in [0.2, 0.25) is 0 Å². The van der Waals surface area contributed by atoms with Crippen molar-refractivity contribution in [3.05, 3.63) is 17.0 Å². The Bertz CT molecular complexity index is 257. The summed E-state index contributed by atoms with van der Waals surface area (Å²) in [4.78, 5) is 10.7. The van der Waals surface area contributed by atoms with Crippen molar-refractivity contribution < 1.29 is 9.53 Å². The van der Waals surface area contributed by atoms with E-state index in [0.29, 0.717) is 0 Å². The van der Waals surface area contributed by atoms with Gasteiger partial charge in [-0.05, 0) is 23.9 Å². The van der Waals surface area contributed by atoms with E-state index in [2.05, 4.69) is 10.1 Å². The van der Waals surface area contributed by atoms with Crippen LogP contribution in [0.3, 0.4) is 0 Å². The van der Waals surface area contributed by atoms with Crippen LogP contribution in [-0.4, -0.2) is 13.2 Å². The molecular formula is C7H9NO2S. The Morgan fingerprint density at radius 1 is 1.73 bits per heavy atom. The molecule has 1 amide bonds. The summed E-state index contributed by atoms with van der Waals surface area (Å²) in [7, 11) is 1.35. The molecule has 1 N–H and O–H groups in total. The fraction of sp³-hybridized carbons (Fsp3) is 0.286. The number of hydrogen-bond acceptors (Lipinski definition) is 3. The number of hydrogen-bond donors (Lipinski definition) is 1. The molecule has 0 spiro atoms. The van der Waals surface area contributed by atoms with Gasteiger partial charge >= 0.3 is 6.09 Å². The average Bonchev–Trinajstić information content (AvgIpc) is 2.37. The summed E-state index contributed by atoms with van der Waals surface area (Å²) in [6.07, 6.45) is -0.421. The van der Waals surface area contributed by atoms with Gasteiger partial charge in [-0.15, -0.1) is 11.3 Å². The van der Waals surface area contributed by atoms with Crippen molar-refractivity contribution in [2.24, 2.45) is 0 Å². The third kappa shape index (κ3) is 1.94. The molecule has 1 aromatic rings. The highest BCUT2D eigenvalue weighted by Gasteiger charge is 2.03. The van der Waals surface area contributed by atoms with Crippen LogP contribution in [0.15, 0.2) is 11.4 Å². The van der Waals surface area contributed by atoms with Gasteiger partial charge < -0.3 is 4.74 Å². The van der Waals surface area contributed by atoms with E-state index in [-0.39, 0.29) is 0 Å². The van der Waals surface area contributed by atoms with Crippen LogP contribution >= 0.6 is 11.3 Å². The second kappa shape index (κ2) is 3.39. The minimum atomic E-state index is -0.421. The Hall–Kier alpha value is -1.03. The van der Waals surface area contributed by atoms with Gasteiger partial charge in [-0.25, -0.2) is 4.79 Å². The number of aryl methyl sites for hydroxylation is 1. The smallest absolute Gasteiger partial charge is 0.411 e. The van der Waals surface area contributed by atoms with Gasteiger partial charge in [-0.2, -0.15) is 0 Å². The number of carbonyl (C=O) groups excluding carboxylic acids is 1. The van der Waals surface area contributed by atoms with E-state index in [1.54, 1.807) is 0 Å². The zero-order valence-electron chi connectivity index (χ0n) is 6.38. The van der Waals surface area contributed by atoms with Crippen molar-refractivity contribution in [1.29, 1.82) is 0 Å². The van der Waals surface area contributed by atoms with Crippen molar-refractivity contribution in [3.8, 4) is 0 Å². The zero-order chi connectivity index (χ0) is 8.27. The molecule has 0 aliphatic rings. The van der Waals surface area contributed by atoms with Gasteiger partial charge in [-0.1, -0.05) is 0 Å². The first-order valence-electron chi connectivity index (χ1n) is 3.13. The topological polar surface area (TPSA) is 38.3 Å². The normalized spacial score (nSPS) is 9.27. The lowest BCUT2D eigenvalue weighted by atomic mass is 10.4. The monoisotopic (exact) mass is 171 g/mol. The first-order valence-corrected chi connectivity index (χ1v) is 4.01. The number of amides is 1. The lowest BCUT2D eigenvalue weighted by Gasteiger charge is -2.00. The van der Waals surface area contributed by atoms with Gasteiger partial charge in [0.1, 0.15) is 5.00 Å². The maximum absolute atomic E-state index is 10.7. The number of methoxy groups -OCH3 is 1. The third-order valence-electron chi connectivity index (χ3n) is 1.26. The lowest BCUT2D eigenvalue weighted by molar-refractivity contribution is 0.187. The standard InChI is InChI=1S/C7H9NO2S/c1-5-3-4-11-6(5)8-7(9)10-2/h3-4H,1-2H3,(H,8,9). The van der Waals surface area contributed by atoms with Crippen LogP contribution in [0, 0.1) is 6.92 Å². The van der Waals surface area contributed by atoms with Crippen LogP contribution in [-0.2, 0) is 4.74 Å². The molecule has 0 saturated carbocycles. The van der Waals surface area contributed by atoms with E-state index in [9.17, 15) is 4.79 Å². The number of ether oxygens (including phenoxy) is 1. The SMILES string of the molecule is COC(=O)Nc1sccc1C. The first kappa shape index (κ1) is 8.07. The van der Waals surface area contributed by atoms with Gasteiger partial charge in [0.15, 0.2) is 0 Å². The first-order chi connectivity index (χ1) is 5.24. The van der Waals surface area contributed by atoms with E-state index < -0.39 is 6.09 Å². The van der Waals surface area contributed by atoms with Crippen molar-refractivity contribution in [1.82, 2.24) is 0 Å². The zero-order valence-corrected chi connectivity index (χ0v) is 7.20. The quantitative estimate of drug-likeness (QED) is 0.703. The molecule has 0 aromatic carbocycles. The minimum Gasteiger partial charge on any atom is -0.453 e. The van der Waals surface area contributed by atoms with Crippen molar-refractivity contribution in [2.75, 3.05) is 12.4 Å². The molecule has 3 nitrogen and oxygen atoms in total. The summed E-state index contributed by atoms with van der Waals surface area (Å²) in [5.74, 6) is 0. The molecule has 0 bridgehead atoms. The number of carbonyl (C=O) groups is 1. The molecular weight excluding hydrogens is 162 g/mol. The Morgan fingerprint density at radius 2 is 2.45 bits per heavy atom. The molecule has 1 heterocycles. The number of anilines is 1. The maximum atomic E-state index is 10.7. The summed E-state index contributed by atoms with van der Waals surface area (Å²) >= 11 is 1.48. The Labute approximate surface area is 69.0 Å². The van der Waals surface area contributed by atoms with Gasteiger partial charge in [0.05, 0.1) is 7.11 Å². The molecule has 11 heavy (non-hydrogen) atoms. The predicted molar refractivity (Wildman–Crippen MR) is 45.1 cm³/mol. The summed E-state index contributed by atoms with van der Waals surface area (Å²) in [6.45, 7) is 1.93. The number of nitrogens with one attached hydrogen (secondary N) is 1. The van der Waals surface area contributed by atoms with Gasteiger partial charge in [0.25, 0.3) is 0 Å². The Balaban J connectivity index is 2.64. The molecule has 4 heteroatoms. The van der Waals surface area contributed by atoms with E-state index in [0.717, 1.165) is 10.6 Å². The van der Waals surface area contributed by atoms with E-state index >= 15 is 0 Å². The number of rotatable bonds is 1. The average molecular weight is 171 g/mol. The molecule has 0 aliphatic carbocycles. The van der Waals surface area contributed by atoms with Crippen LogP contribution in [0.5, 0.6) is 0 Å². The maximum Gasteiger partial charge on any atom is 0.411 e. The summed E-state index contributed by atoms with van der Waals surface area (Å²) in [6, 6.07) is 1.94. The summed E-state index contributed by atoms with van der Waals surface area (Å²) in [5.41, 5.74) is 1.06. The molecule has 0 unspecified atom stereocenters. The van der Waals surface area contributed by atoms with E-state index in [1.165, 1.54) is 18.4 Å². The fourth-order valence-corrected chi connectivity index (χ4v) is 1.45. The minimum absolute atomic E-state index is 0.421. The third-order valence-corrected chi connectivity index (χ3v) is 2.19. The molecule has 0 saturated heterocycles.